The summed E-state index contributed by atoms with van der Waals surface area (Å²) < 4.78 is 4.91. The second kappa shape index (κ2) is 5.59. The second-order valence-corrected chi connectivity index (χ2v) is 4.64. The summed E-state index contributed by atoms with van der Waals surface area (Å²) in [6, 6.07) is 3.36. The molecule has 1 heterocycles. The third-order valence-electron chi connectivity index (χ3n) is 2.52. The molecule has 0 aliphatic heterocycles. The summed E-state index contributed by atoms with van der Waals surface area (Å²) in [5, 5.41) is 11.1. The Hall–Kier alpha value is -1.59. The summed E-state index contributed by atoms with van der Waals surface area (Å²) in [6.45, 7) is 3.82. The SMILES string of the molecule is CCOC(=O)c1n[nH]nc1-c1cc(C)c(Cl)cc1Cl. The summed E-state index contributed by atoms with van der Waals surface area (Å²) in [6.07, 6.45) is 0. The number of esters is 1. The number of nitrogens with one attached hydrogen (secondary N) is 1. The van der Waals surface area contributed by atoms with Gasteiger partial charge in [0.2, 0.25) is 0 Å². The molecule has 0 radical (unpaired) electrons. The lowest BCUT2D eigenvalue weighted by Crippen LogP contribution is -2.07. The number of aryl methyl sites for hydroxylation is 1. The molecule has 0 bridgehead atoms. The van der Waals surface area contributed by atoms with Crippen molar-refractivity contribution in [3.8, 4) is 11.3 Å². The van der Waals surface area contributed by atoms with Crippen molar-refractivity contribution >= 4 is 29.2 Å². The predicted octanol–water partition coefficient (Wildman–Crippen LogP) is 3.26. The highest BCUT2D eigenvalue weighted by Crippen LogP contribution is 2.32. The van der Waals surface area contributed by atoms with Crippen LogP contribution in [0.2, 0.25) is 10.0 Å². The number of carbonyl (C=O) groups excluding carboxylic acids is 1. The van der Waals surface area contributed by atoms with Gasteiger partial charge in [0.15, 0.2) is 5.69 Å². The largest absolute Gasteiger partial charge is 0.461 e. The Morgan fingerprint density at radius 1 is 1.32 bits per heavy atom. The number of halogens is 2. The molecule has 1 aromatic heterocycles. The van der Waals surface area contributed by atoms with Crippen LogP contribution in [0.4, 0.5) is 0 Å². The number of rotatable bonds is 3. The van der Waals surface area contributed by atoms with Gasteiger partial charge in [0.05, 0.1) is 11.6 Å². The third-order valence-corrected chi connectivity index (χ3v) is 3.24. The highest BCUT2D eigenvalue weighted by Gasteiger charge is 2.21. The zero-order chi connectivity index (χ0) is 14.0. The van der Waals surface area contributed by atoms with Crippen molar-refractivity contribution < 1.29 is 9.53 Å². The van der Waals surface area contributed by atoms with Gasteiger partial charge in [-0.05, 0) is 31.5 Å². The molecule has 19 heavy (non-hydrogen) atoms. The third kappa shape index (κ3) is 2.72. The minimum atomic E-state index is -0.546. The smallest absolute Gasteiger partial charge is 0.361 e. The number of aromatic amines is 1. The molecule has 5 nitrogen and oxygen atoms in total. The molecule has 7 heteroatoms. The zero-order valence-corrected chi connectivity index (χ0v) is 11.8. The fourth-order valence-corrected chi connectivity index (χ4v) is 2.07. The maximum atomic E-state index is 11.7. The number of aromatic nitrogens is 3. The van der Waals surface area contributed by atoms with Crippen molar-refractivity contribution in [1.82, 2.24) is 15.4 Å². The van der Waals surface area contributed by atoms with Crippen molar-refractivity contribution in [1.29, 1.82) is 0 Å². The van der Waals surface area contributed by atoms with Crippen LogP contribution in [0.1, 0.15) is 23.0 Å². The van der Waals surface area contributed by atoms with Gasteiger partial charge in [0.25, 0.3) is 0 Å². The number of hydrogen-bond donors (Lipinski definition) is 1. The number of benzene rings is 1. The van der Waals surface area contributed by atoms with E-state index >= 15 is 0 Å². The number of nitrogens with zero attached hydrogens (tertiary/aromatic N) is 2. The maximum Gasteiger partial charge on any atom is 0.361 e. The molecule has 0 unspecified atom stereocenters. The normalized spacial score (nSPS) is 10.5. The van der Waals surface area contributed by atoms with Crippen LogP contribution in [0.15, 0.2) is 12.1 Å². The summed E-state index contributed by atoms with van der Waals surface area (Å²) >= 11 is 12.1. The molecule has 100 valence electrons. The zero-order valence-electron chi connectivity index (χ0n) is 10.3. The van der Waals surface area contributed by atoms with Gasteiger partial charge >= 0.3 is 5.97 Å². The monoisotopic (exact) mass is 299 g/mol. The van der Waals surface area contributed by atoms with E-state index < -0.39 is 5.97 Å². The van der Waals surface area contributed by atoms with Gasteiger partial charge in [-0.2, -0.15) is 10.3 Å². The summed E-state index contributed by atoms with van der Waals surface area (Å²) in [5.74, 6) is -0.546. The van der Waals surface area contributed by atoms with E-state index in [9.17, 15) is 4.79 Å². The Morgan fingerprint density at radius 3 is 2.74 bits per heavy atom. The van der Waals surface area contributed by atoms with Crippen molar-refractivity contribution in [2.45, 2.75) is 13.8 Å². The van der Waals surface area contributed by atoms with E-state index in [0.717, 1.165) is 5.56 Å². The molecule has 0 saturated heterocycles. The molecule has 0 saturated carbocycles. The van der Waals surface area contributed by atoms with Gasteiger partial charge in [0.1, 0.15) is 5.69 Å². The summed E-state index contributed by atoms with van der Waals surface area (Å²) in [5.41, 5.74) is 1.87. The minimum absolute atomic E-state index is 0.102. The van der Waals surface area contributed by atoms with Crippen molar-refractivity contribution in [2.24, 2.45) is 0 Å². The highest BCUT2D eigenvalue weighted by molar-refractivity contribution is 6.36. The Labute approximate surface area is 119 Å². The van der Waals surface area contributed by atoms with E-state index in [1.165, 1.54) is 0 Å². The Morgan fingerprint density at radius 2 is 2.05 bits per heavy atom. The summed E-state index contributed by atoms with van der Waals surface area (Å²) in [4.78, 5) is 11.7. The molecular formula is C12H11Cl2N3O2. The molecule has 0 aliphatic carbocycles. The van der Waals surface area contributed by atoms with Crippen LogP contribution < -0.4 is 0 Å². The molecule has 0 fully saturated rings. The quantitative estimate of drug-likeness (QED) is 0.883. The van der Waals surface area contributed by atoms with Crippen LogP contribution in [0, 0.1) is 6.92 Å². The van der Waals surface area contributed by atoms with Crippen LogP contribution in [0.25, 0.3) is 11.3 Å². The molecule has 0 spiro atoms. The Balaban J connectivity index is 2.51. The number of carbonyl (C=O) groups is 1. The van der Waals surface area contributed by atoms with E-state index in [0.29, 0.717) is 21.3 Å². The van der Waals surface area contributed by atoms with Crippen molar-refractivity contribution in [2.75, 3.05) is 6.61 Å². The van der Waals surface area contributed by atoms with Gasteiger partial charge in [0, 0.05) is 10.6 Å². The predicted molar refractivity (Wildman–Crippen MR) is 72.5 cm³/mol. The van der Waals surface area contributed by atoms with E-state index in [2.05, 4.69) is 15.4 Å². The number of hydrogen-bond acceptors (Lipinski definition) is 4. The Bertz CT molecular complexity index is 625. The first kappa shape index (κ1) is 13.8. The summed E-state index contributed by atoms with van der Waals surface area (Å²) in [7, 11) is 0. The first-order valence-corrected chi connectivity index (χ1v) is 6.34. The molecular weight excluding hydrogens is 289 g/mol. The first-order valence-electron chi connectivity index (χ1n) is 5.58. The van der Waals surface area contributed by atoms with Crippen LogP contribution in [0.5, 0.6) is 0 Å². The molecule has 0 amide bonds. The van der Waals surface area contributed by atoms with Gasteiger partial charge < -0.3 is 4.74 Å². The molecule has 1 N–H and O–H groups in total. The second-order valence-electron chi connectivity index (χ2n) is 3.82. The van der Waals surface area contributed by atoms with Crippen molar-refractivity contribution in [3.05, 3.63) is 33.4 Å². The van der Waals surface area contributed by atoms with Gasteiger partial charge in [-0.1, -0.05) is 23.2 Å². The Kier molecular flexibility index (Phi) is 4.07. The molecule has 0 aliphatic rings. The van der Waals surface area contributed by atoms with E-state index in [1.54, 1.807) is 19.1 Å². The lowest BCUT2D eigenvalue weighted by Gasteiger charge is -2.06. The topological polar surface area (TPSA) is 67.9 Å². The maximum absolute atomic E-state index is 11.7. The highest BCUT2D eigenvalue weighted by atomic mass is 35.5. The van der Waals surface area contributed by atoms with E-state index in [-0.39, 0.29) is 12.3 Å². The number of ether oxygens (including phenoxy) is 1. The van der Waals surface area contributed by atoms with Crippen molar-refractivity contribution in [3.63, 3.8) is 0 Å². The van der Waals surface area contributed by atoms with Gasteiger partial charge in [-0.3, -0.25) is 0 Å². The average Bonchev–Trinajstić information content (AvgIpc) is 2.83. The average molecular weight is 300 g/mol. The molecule has 0 atom stereocenters. The molecule has 2 aromatic rings. The fourth-order valence-electron chi connectivity index (χ4n) is 1.60. The lowest BCUT2D eigenvalue weighted by atomic mass is 10.1. The van der Waals surface area contributed by atoms with E-state index in [4.69, 9.17) is 27.9 Å². The van der Waals surface area contributed by atoms with Crippen LogP contribution in [-0.4, -0.2) is 28.0 Å². The van der Waals surface area contributed by atoms with E-state index in [1.807, 2.05) is 6.92 Å². The van der Waals surface area contributed by atoms with Crippen LogP contribution in [0.3, 0.4) is 0 Å². The minimum Gasteiger partial charge on any atom is -0.461 e. The lowest BCUT2D eigenvalue weighted by molar-refractivity contribution is 0.0520. The van der Waals surface area contributed by atoms with Crippen LogP contribution in [-0.2, 0) is 4.74 Å². The van der Waals surface area contributed by atoms with Crippen LogP contribution >= 0.6 is 23.2 Å². The standard InChI is InChI=1S/C12H11Cl2N3O2/c1-3-19-12(18)11-10(15-17-16-11)7-4-6(2)8(13)5-9(7)14/h4-5H,3H2,1-2H3,(H,15,16,17). The van der Waals surface area contributed by atoms with Gasteiger partial charge in [-0.25, -0.2) is 4.79 Å². The first-order chi connectivity index (χ1) is 9.04. The molecule has 1 aromatic carbocycles. The fraction of sp³-hybridized carbons (Fsp3) is 0.250. The number of H-pyrrole nitrogens is 1. The molecule has 2 rings (SSSR count). The van der Waals surface area contributed by atoms with Gasteiger partial charge in [-0.15, -0.1) is 5.10 Å².